The maximum Gasteiger partial charge on any atom is 0.241 e. The fourth-order valence-electron chi connectivity index (χ4n) is 2.09. The molecule has 1 aromatic heterocycles. The molecular weight excluding hydrogens is 306 g/mol. The maximum atomic E-state index is 12.5. The third-order valence-corrected chi connectivity index (χ3v) is 6.08. The van der Waals surface area contributed by atoms with Crippen molar-refractivity contribution in [2.75, 3.05) is 0 Å². The highest BCUT2D eigenvalue weighted by atomic mass is 32.2. The van der Waals surface area contributed by atoms with Crippen molar-refractivity contribution in [3.63, 3.8) is 0 Å². The molecule has 5 nitrogen and oxygen atoms in total. The van der Waals surface area contributed by atoms with Gasteiger partial charge < -0.3 is 5.73 Å². The maximum absolute atomic E-state index is 12.5. The Morgan fingerprint density at radius 3 is 2.67 bits per heavy atom. The third-order valence-electron chi connectivity index (χ3n) is 3.24. The van der Waals surface area contributed by atoms with Crippen molar-refractivity contribution in [3.05, 3.63) is 45.4 Å². The minimum Gasteiger partial charge on any atom is -0.326 e. The molecule has 2 rings (SSSR count). The SMILES string of the molecule is Cc1csc(C(C)NS(=O)(=O)c2cccc(CN)c2C)n1. The second kappa shape index (κ2) is 6.23. The summed E-state index contributed by atoms with van der Waals surface area (Å²) in [6, 6.07) is 4.77. The summed E-state index contributed by atoms with van der Waals surface area (Å²) in [7, 11) is -3.60. The van der Waals surface area contributed by atoms with Gasteiger partial charge in [-0.05, 0) is 38.0 Å². The van der Waals surface area contributed by atoms with E-state index in [0.29, 0.717) is 12.1 Å². The number of aromatic nitrogens is 1. The van der Waals surface area contributed by atoms with Gasteiger partial charge >= 0.3 is 0 Å². The number of hydrogen-bond acceptors (Lipinski definition) is 5. The zero-order valence-corrected chi connectivity index (χ0v) is 13.9. The van der Waals surface area contributed by atoms with Crippen LogP contribution in [-0.4, -0.2) is 13.4 Å². The predicted molar refractivity (Wildman–Crippen MR) is 84.7 cm³/mol. The van der Waals surface area contributed by atoms with Gasteiger partial charge in [-0.15, -0.1) is 11.3 Å². The first kappa shape index (κ1) is 16.1. The standard InChI is InChI=1S/C14H19N3O2S2/c1-9-8-20-14(16-9)11(3)17-21(18,19)13-6-4-5-12(7-15)10(13)2/h4-6,8,11,17H,7,15H2,1-3H3. The molecule has 0 spiro atoms. The van der Waals surface area contributed by atoms with Crippen LogP contribution in [0.25, 0.3) is 0 Å². The molecule has 0 saturated carbocycles. The van der Waals surface area contributed by atoms with Crippen LogP contribution in [-0.2, 0) is 16.6 Å². The van der Waals surface area contributed by atoms with Crippen LogP contribution in [0.15, 0.2) is 28.5 Å². The van der Waals surface area contributed by atoms with E-state index >= 15 is 0 Å². The number of aryl methyl sites for hydroxylation is 1. The van der Waals surface area contributed by atoms with Crippen LogP contribution in [0.5, 0.6) is 0 Å². The number of benzene rings is 1. The first-order valence-corrected chi connectivity index (χ1v) is 8.94. The first-order valence-electron chi connectivity index (χ1n) is 6.58. The topological polar surface area (TPSA) is 85.1 Å². The van der Waals surface area contributed by atoms with Crippen LogP contribution in [0.1, 0.15) is 34.8 Å². The summed E-state index contributed by atoms with van der Waals surface area (Å²) < 4.78 is 27.7. The Hall–Kier alpha value is -1.28. The Morgan fingerprint density at radius 2 is 2.10 bits per heavy atom. The van der Waals surface area contributed by atoms with Crippen molar-refractivity contribution in [2.24, 2.45) is 5.73 Å². The summed E-state index contributed by atoms with van der Waals surface area (Å²) in [6.07, 6.45) is 0. The van der Waals surface area contributed by atoms with Crippen molar-refractivity contribution in [3.8, 4) is 0 Å². The summed E-state index contributed by atoms with van der Waals surface area (Å²) in [5.74, 6) is 0. The average Bonchev–Trinajstić information content (AvgIpc) is 2.85. The molecule has 0 aliphatic heterocycles. The Balaban J connectivity index is 2.30. The second-order valence-electron chi connectivity index (χ2n) is 4.91. The lowest BCUT2D eigenvalue weighted by Crippen LogP contribution is -2.27. The summed E-state index contributed by atoms with van der Waals surface area (Å²) in [5, 5.41) is 2.66. The quantitative estimate of drug-likeness (QED) is 0.883. The van der Waals surface area contributed by atoms with E-state index in [1.54, 1.807) is 26.0 Å². The fraction of sp³-hybridized carbons (Fsp3) is 0.357. The highest BCUT2D eigenvalue weighted by Crippen LogP contribution is 2.23. The molecule has 114 valence electrons. The molecule has 7 heteroatoms. The number of nitrogens with one attached hydrogen (secondary N) is 1. The Bertz CT molecular complexity index is 738. The van der Waals surface area contributed by atoms with Crippen molar-refractivity contribution in [1.82, 2.24) is 9.71 Å². The molecule has 0 aliphatic rings. The van der Waals surface area contributed by atoms with Crippen molar-refractivity contribution < 1.29 is 8.42 Å². The van der Waals surface area contributed by atoms with Crippen LogP contribution in [0.2, 0.25) is 0 Å². The molecule has 0 amide bonds. The van der Waals surface area contributed by atoms with Crippen LogP contribution < -0.4 is 10.5 Å². The third kappa shape index (κ3) is 3.49. The van der Waals surface area contributed by atoms with Gasteiger partial charge in [-0.25, -0.2) is 18.1 Å². The minimum absolute atomic E-state index is 0.269. The number of thiazole rings is 1. The molecule has 0 fully saturated rings. The summed E-state index contributed by atoms with van der Waals surface area (Å²) in [6.45, 7) is 5.76. The fourth-order valence-corrected chi connectivity index (χ4v) is 4.46. The molecule has 1 aromatic carbocycles. The van der Waals surface area contributed by atoms with Gasteiger partial charge in [-0.1, -0.05) is 12.1 Å². The molecule has 2 aromatic rings. The van der Waals surface area contributed by atoms with Gasteiger partial charge in [-0.3, -0.25) is 0 Å². The van der Waals surface area contributed by atoms with E-state index in [-0.39, 0.29) is 10.9 Å². The monoisotopic (exact) mass is 325 g/mol. The zero-order chi connectivity index (χ0) is 15.6. The average molecular weight is 325 g/mol. The largest absolute Gasteiger partial charge is 0.326 e. The molecule has 0 bridgehead atoms. The molecular formula is C14H19N3O2S2. The molecule has 21 heavy (non-hydrogen) atoms. The molecule has 1 unspecified atom stereocenters. The van der Waals surface area contributed by atoms with E-state index in [2.05, 4.69) is 9.71 Å². The summed E-state index contributed by atoms with van der Waals surface area (Å²) in [5.41, 5.74) is 8.04. The van der Waals surface area contributed by atoms with Gasteiger partial charge in [0.05, 0.1) is 10.9 Å². The second-order valence-corrected chi connectivity index (χ2v) is 7.49. The molecule has 1 heterocycles. The van der Waals surface area contributed by atoms with Crippen LogP contribution in [0, 0.1) is 13.8 Å². The van der Waals surface area contributed by atoms with Crippen LogP contribution in [0.4, 0.5) is 0 Å². The molecule has 3 N–H and O–H groups in total. The highest BCUT2D eigenvalue weighted by molar-refractivity contribution is 7.89. The van der Waals surface area contributed by atoms with Gasteiger partial charge in [0.1, 0.15) is 5.01 Å². The first-order chi connectivity index (χ1) is 9.85. The van der Waals surface area contributed by atoms with Gasteiger partial charge in [0.25, 0.3) is 0 Å². The van der Waals surface area contributed by atoms with Crippen LogP contribution in [0.3, 0.4) is 0 Å². The Labute approximate surface area is 129 Å². The van der Waals surface area contributed by atoms with E-state index in [1.165, 1.54) is 11.3 Å². The van der Waals surface area contributed by atoms with Crippen molar-refractivity contribution in [2.45, 2.75) is 38.3 Å². The number of nitrogens with zero attached hydrogens (tertiary/aromatic N) is 1. The lowest BCUT2D eigenvalue weighted by atomic mass is 10.1. The lowest BCUT2D eigenvalue weighted by molar-refractivity contribution is 0.565. The smallest absolute Gasteiger partial charge is 0.241 e. The molecule has 0 saturated heterocycles. The lowest BCUT2D eigenvalue weighted by Gasteiger charge is -2.15. The van der Waals surface area contributed by atoms with Gasteiger partial charge in [0.2, 0.25) is 10.0 Å². The van der Waals surface area contributed by atoms with Gasteiger partial charge in [0.15, 0.2) is 0 Å². The normalized spacial score (nSPS) is 13.3. The van der Waals surface area contributed by atoms with E-state index in [1.807, 2.05) is 18.4 Å². The van der Waals surface area contributed by atoms with Gasteiger partial charge in [0, 0.05) is 17.6 Å². The summed E-state index contributed by atoms with van der Waals surface area (Å²) >= 11 is 1.45. The molecule has 0 radical (unpaired) electrons. The van der Waals surface area contributed by atoms with Crippen molar-refractivity contribution in [1.29, 1.82) is 0 Å². The van der Waals surface area contributed by atoms with Crippen molar-refractivity contribution >= 4 is 21.4 Å². The summed E-state index contributed by atoms with van der Waals surface area (Å²) in [4.78, 5) is 4.59. The van der Waals surface area contributed by atoms with E-state index in [4.69, 9.17) is 5.73 Å². The highest BCUT2D eigenvalue weighted by Gasteiger charge is 2.22. The predicted octanol–water partition coefficient (Wildman–Crippen LogP) is 2.26. The van der Waals surface area contributed by atoms with E-state index in [0.717, 1.165) is 16.3 Å². The number of rotatable bonds is 5. The van der Waals surface area contributed by atoms with E-state index < -0.39 is 10.0 Å². The Morgan fingerprint density at radius 1 is 1.38 bits per heavy atom. The van der Waals surface area contributed by atoms with Crippen LogP contribution >= 0.6 is 11.3 Å². The van der Waals surface area contributed by atoms with E-state index in [9.17, 15) is 8.42 Å². The minimum atomic E-state index is -3.60. The Kier molecular flexibility index (Phi) is 4.77. The molecule has 0 aliphatic carbocycles. The number of hydrogen-bond donors (Lipinski definition) is 2. The zero-order valence-electron chi connectivity index (χ0n) is 12.3. The van der Waals surface area contributed by atoms with Gasteiger partial charge in [-0.2, -0.15) is 0 Å². The number of nitrogens with two attached hydrogens (primary N) is 1. The number of sulfonamides is 1. The molecule has 1 atom stereocenters.